The molecular weight excluding hydrogens is 385 g/mol. The standard InChI is InChI=1S/C24H24FNO4/c1-14-7-9-16(10-8-14)24(29)26-15(2)18(12-23(28)30-17-5-3-4-6-17)19-11-22(27)20(25)13-21(19)26/h7-11,13,17,27H,3-6,12H2,1-2H3. The third-order valence-corrected chi connectivity index (χ3v) is 5.83. The van der Waals surface area contributed by atoms with Gasteiger partial charge in [0.2, 0.25) is 0 Å². The lowest BCUT2D eigenvalue weighted by molar-refractivity contribution is -0.147. The largest absolute Gasteiger partial charge is 0.505 e. The highest BCUT2D eigenvalue weighted by Gasteiger charge is 2.25. The van der Waals surface area contributed by atoms with Crippen LogP contribution in [-0.4, -0.2) is 27.7 Å². The Morgan fingerprint density at radius 2 is 1.80 bits per heavy atom. The van der Waals surface area contributed by atoms with Crippen LogP contribution in [0.4, 0.5) is 4.39 Å². The maximum absolute atomic E-state index is 14.2. The lowest BCUT2D eigenvalue weighted by Crippen LogP contribution is -2.17. The van der Waals surface area contributed by atoms with Crippen molar-refractivity contribution in [2.75, 3.05) is 0 Å². The molecule has 0 atom stereocenters. The summed E-state index contributed by atoms with van der Waals surface area (Å²) in [6.45, 7) is 3.65. The summed E-state index contributed by atoms with van der Waals surface area (Å²) < 4.78 is 21.1. The van der Waals surface area contributed by atoms with Crippen molar-refractivity contribution in [3.05, 3.63) is 64.6 Å². The monoisotopic (exact) mass is 409 g/mol. The van der Waals surface area contributed by atoms with Gasteiger partial charge in [0.1, 0.15) is 6.10 Å². The van der Waals surface area contributed by atoms with E-state index in [0.717, 1.165) is 37.3 Å². The number of halogens is 1. The first-order valence-electron chi connectivity index (χ1n) is 10.2. The number of carbonyl (C=O) groups excluding carboxylic acids is 2. The Labute approximate surface area is 174 Å². The summed E-state index contributed by atoms with van der Waals surface area (Å²) in [6.07, 6.45) is 3.72. The van der Waals surface area contributed by atoms with Gasteiger partial charge in [-0.25, -0.2) is 4.39 Å². The lowest BCUT2D eigenvalue weighted by atomic mass is 10.1. The van der Waals surface area contributed by atoms with Crippen LogP contribution in [0, 0.1) is 19.7 Å². The molecule has 1 aliphatic carbocycles. The SMILES string of the molecule is Cc1ccc(C(=O)n2c(C)c(CC(=O)OC3CCCC3)c3cc(O)c(F)cc32)cc1. The number of phenolic OH excluding ortho intramolecular Hbond substituents is 1. The van der Waals surface area contributed by atoms with Gasteiger partial charge in [-0.05, 0) is 63.3 Å². The molecule has 1 aromatic heterocycles. The molecule has 1 saturated carbocycles. The third-order valence-electron chi connectivity index (χ3n) is 5.83. The number of nitrogens with zero attached hydrogens (tertiary/aromatic N) is 1. The Hall–Kier alpha value is -3.15. The number of benzene rings is 2. The smallest absolute Gasteiger partial charge is 0.310 e. The second-order valence-electron chi connectivity index (χ2n) is 7.96. The summed E-state index contributed by atoms with van der Waals surface area (Å²) in [4.78, 5) is 25.8. The number of ether oxygens (including phenoxy) is 1. The van der Waals surface area contributed by atoms with E-state index in [-0.39, 0.29) is 24.4 Å². The zero-order chi connectivity index (χ0) is 21.4. The van der Waals surface area contributed by atoms with Gasteiger partial charge in [-0.2, -0.15) is 0 Å². The molecule has 0 spiro atoms. The number of esters is 1. The van der Waals surface area contributed by atoms with Gasteiger partial charge in [-0.1, -0.05) is 17.7 Å². The maximum atomic E-state index is 14.2. The second kappa shape index (κ2) is 7.94. The molecule has 156 valence electrons. The van der Waals surface area contributed by atoms with E-state index in [4.69, 9.17) is 4.74 Å². The van der Waals surface area contributed by atoms with Crippen LogP contribution in [0.3, 0.4) is 0 Å². The molecule has 0 radical (unpaired) electrons. The number of aryl methyl sites for hydroxylation is 1. The lowest BCUT2D eigenvalue weighted by Gasteiger charge is -2.11. The first-order chi connectivity index (χ1) is 14.3. The summed E-state index contributed by atoms with van der Waals surface area (Å²) in [5, 5.41) is 10.4. The van der Waals surface area contributed by atoms with Gasteiger partial charge >= 0.3 is 5.97 Å². The number of hydrogen-bond donors (Lipinski definition) is 1. The molecule has 4 rings (SSSR count). The van der Waals surface area contributed by atoms with Crippen LogP contribution in [-0.2, 0) is 16.0 Å². The van der Waals surface area contributed by atoms with E-state index in [1.165, 1.54) is 10.6 Å². The van der Waals surface area contributed by atoms with E-state index in [1.54, 1.807) is 19.1 Å². The van der Waals surface area contributed by atoms with Gasteiger partial charge in [0.15, 0.2) is 11.6 Å². The van der Waals surface area contributed by atoms with Crippen LogP contribution >= 0.6 is 0 Å². The van der Waals surface area contributed by atoms with E-state index in [9.17, 15) is 19.1 Å². The van der Waals surface area contributed by atoms with Crippen molar-refractivity contribution in [2.24, 2.45) is 0 Å². The molecule has 0 saturated heterocycles. The summed E-state index contributed by atoms with van der Waals surface area (Å²) in [5.74, 6) is -2.04. The van der Waals surface area contributed by atoms with Crippen LogP contribution in [0.15, 0.2) is 36.4 Å². The van der Waals surface area contributed by atoms with Crippen molar-refractivity contribution >= 4 is 22.8 Å². The van der Waals surface area contributed by atoms with Crippen molar-refractivity contribution in [3.63, 3.8) is 0 Å². The highest BCUT2D eigenvalue weighted by atomic mass is 19.1. The molecule has 0 amide bonds. The Kier molecular flexibility index (Phi) is 5.33. The van der Waals surface area contributed by atoms with Gasteiger partial charge < -0.3 is 9.84 Å². The topological polar surface area (TPSA) is 68.5 Å². The number of phenols is 1. The Bertz CT molecular complexity index is 1120. The summed E-state index contributed by atoms with van der Waals surface area (Å²) >= 11 is 0. The van der Waals surface area contributed by atoms with Crippen molar-refractivity contribution in [3.8, 4) is 5.75 Å². The molecule has 1 aliphatic rings. The number of aromatic nitrogens is 1. The van der Waals surface area contributed by atoms with Gasteiger partial charge in [0.25, 0.3) is 5.91 Å². The van der Waals surface area contributed by atoms with Gasteiger partial charge in [-0.15, -0.1) is 0 Å². The summed E-state index contributed by atoms with van der Waals surface area (Å²) in [6, 6.07) is 9.51. The molecule has 0 bridgehead atoms. The predicted molar refractivity (Wildman–Crippen MR) is 111 cm³/mol. The number of carbonyl (C=O) groups is 2. The van der Waals surface area contributed by atoms with E-state index in [1.807, 2.05) is 19.1 Å². The molecular formula is C24H24FNO4. The summed E-state index contributed by atoms with van der Waals surface area (Å²) in [5.41, 5.74) is 2.88. The predicted octanol–water partition coefficient (Wildman–Crippen LogP) is 4.82. The highest BCUT2D eigenvalue weighted by Crippen LogP contribution is 2.32. The fraction of sp³-hybridized carbons (Fsp3) is 0.333. The van der Waals surface area contributed by atoms with Gasteiger partial charge in [0.05, 0.1) is 11.9 Å². The highest BCUT2D eigenvalue weighted by molar-refractivity contribution is 6.05. The van der Waals surface area contributed by atoms with Crippen LogP contribution in [0.2, 0.25) is 0 Å². The second-order valence-corrected chi connectivity index (χ2v) is 7.96. The average Bonchev–Trinajstić information content (AvgIpc) is 3.30. The van der Waals surface area contributed by atoms with Crippen LogP contribution < -0.4 is 0 Å². The van der Waals surface area contributed by atoms with Gasteiger partial charge in [-0.3, -0.25) is 14.2 Å². The Balaban J connectivity index is 1.77. The summed E-state index contributed by atoms with van der Waals surface area (Å²) in [7, 11) is 0. The first kappa shape index (κ1) is 20.1. The first-order valence-corrected chi connectivity index (χ1v) is 10.2. The Morgan fingerprint density at radius 3 is 2.47 bits per heavy atom. The number of hydrogen-bond acceptors (Lipinski definition) is 4. The van der Waals surface area contributed by atoms with E-state index < -0.39 is 11.6 Å². The van der Waals surface area contributed by atoms with Crippen molar-refractivity contribution in [1.82, 2.24) is 4.57 Å². The molecule has 3 aromatic rings. The molecule has 30 heavy (non-hydrogen) atoms. The van der Waals surface area contributed by atoms with E-state index in [0.29, 0.717) is 27.7 Å². The molecule has 1 fully saturated rings. The minimum atomic E-state index is -0.821. The van der Waals surface area contributed by atoms with Crippen molar-refractivity contribution in [2.45, 2.75) is 52.1 Å². The zero-order valence-corrected chi connectivity index (χ0v) is 17.1. The fourth-order valence-electron chi connectivity index (χ4n) is 4.18. The third kappa shape index (κ3) is 3.70. The molecule has 1 heterocycles. The van der Waals surface area contributed by atoms with Gasteiger partial charge in [0, 0.05) is 22.7 Å². The molecule has 0 aliphatic heterocycles. The van der Waals surface area contributed by atoms with E-state index >= 15 is 0 Å². The number of aromatic hydroxyl groups is 1. The molecule has 5 nitrogen and oxygen atoms in total. The maximum Gasteiger partial charge on any atom is 0.310 e. The molecule has 6 heteroatoms. The van der Waals surface area contributed by atoms with Crippen molar-refractivity contribution in [1.29, 1.82) is 0 Å². The molecule has 1 N–H and O–H groups in total. The van der Waals surface area contributed by atoms with Crippen LogP contribution in [0.5, 0.6) is 5.75 Å². The minimum absolute atomic E-state index is 0.0436. The van der Waals surface area contributed by atoms with E-state index in [2.05, 4.69) is 0 Å². The Morgan fingerprint density at radius 1 is 1.13 bits per heavy atom. The normalized spacial score (nSPS) is 14.4. The molecule has 0 unspecified atom stereocenters. The minimum Gasteiger partial charge on any atom is -0.505 e. The number of fused-ring (bicyclic) bond motifs is 1. The van der Waals surface area contributed by atoms with Crippen LogP contribution in [0.1, 0.15) is 52.9 Å². The van der Waals surface area contributed by atoms with Crippen molar-refractivity contribution < 1.29 is 23.8 Å². The zero-order valence-electron chi connectivity index (χ0n) is 17.1. The fourth-order valence-corrected chi connectivity index (χ4v) is 4.18. The van der Waals surface area contributed by atoms with Crippen LogP contribution in [0.25, 0.3) is 10.9 Å². The number of rotatable bonds is 4. The quantitative estimate of drug-likeness (QED) is 0.628. The average molecular weight is 409 g/mol. The molecule has 2 aromatic carbocycles.